The van der Waals surface area contributed by atoms with Gasteiger partial charge in [-0.2, -0.15) is 0 Å². The maximum absolute atomic E-state index is 11.1. The van der Waals surface area contributed by atoms with E-state index in [2.05, 4.69) is 0 Å². The molecule has 0 amide bonds. The van der Waals surface area contributed by atoms with Crippen molar-refractivity contribution in [3.63, 3.8) is 0 Å². The molecule has 2 aromatic rings. The standard InChI is InChI=1S/C13H10O4S/c1-7-9(12(14)15)11(18-10(7)13(16)17)8-5-3-2-4-6-8/h2-6H,1H3,(H,14,15)(H,16,17)/p-2. The Morgan fingerprint density at radius 1 is 1.06 bits per heavy atom. The summed E-state index contributed by atoms with van der Waals surface area (Å²) < 4.78 is 0. The number of benzene rings is 1. The van der Waals surface area contributed by atoms with Gasteiger partial charge in [-0.3, -0.25) is 0 Å². The first-order valence-electron chi connectivity index (χ1n) is 5.14. The van der Waals surface area contributed by atoms with Crippen LogP contribution in [0, 0.1) is 6.92 Å². The van der Waals surface area contributed by atoms with E-state index in [4.69, 9.17) is 0 Å². The summed E-state index contributed by atoms with van der Waals surface area (Å²) >= 11 is 0.893. The van der Waals surface area contributed by atoms with Gasteiger partial charge in [0.2, 0.25) is 0 Å². The third kappa shape index (κ3) is 2.00. The van der Waals surface area contributed by atoms with Crippen LogP contribution in [0.3, 0.4) is 0 Å². The molecule has 1 aromatic carbocycles. The number of rotatable bonds is 3. The molecule has 0 bridgehead atoms. The maximum atomic E-state index is 11.1. The van der Waals surface area contributed by atoms with Crippen molar-refractivity contribution < 1.29 is 19.8 Å². The number of thiophene rings is 1. The first-order chi connectivity index (χ1) is 8.52. The molecule has 0 saturated heterocycles. The summed E-state index contributed by atoms with van der Waals surface area (Å²) in [7, 11) is 0. The number of hydrogen-bond acceptors (Lipinski definition) is 5. The zero-order chi connectivity index (χ0) is 13.3. The van der Waals surface area contributed by atoms with Gasteiger partial charge in [0.1, 0.15) is 0 Å². The molecule has 1 heterocycles. The van der Waals surface area contributed by atoms with Crippen molar-refractivity contribution in [2.75, 3.05) is 0 Å². The Morgan fingerprint density at radius 3 is 2.17 bits per heavy atom. The molecule has 5 heteroatoms. The van der Waals surface area contributed by atoms with Crippen LogP contribution in [-0.2, 0) is 0 Å². The molecule has 92 valence electrons. The Bertz CT molecular complexity index is 613. The van der Waals surface area contributed by atoms with Gasteiger partial charge in [-0.05, 0) is 18.1 Å². The van der Waals surface area contributed by atoms with Crippen molar-refractivity contribution in [2.24, 2.45) is 0 Å². The number of carboxylic acid groups (broad SMARTS) is 2. The molecule has 0 unspecified atom stereocenters. The molecule has 18 heavy (non-hydrogen) atoms. The van der Waals surface area contributed by atoms with Gasteiger partial charge in [0.25, 0.3) is 0 Å². The highest BCUT2D eigenvalue weighted by Crippen LogP contribution is 2.35. The summed E-state index contributed by atoms with van der Waals surface area (Å²) in [6, 6.07) is 8.74. The first kappa shape index (κ1) is 12.3. The van der Waals surface area contributed by atoms with E-state index in [0.29, 0.717) is 10.4 Å². The van der Waals surface area contributed by atoms with E-state index in [-0.39, 0.29) is 16.0 Å². The quantitative estimate of drug-likeness (QED) is 0.802. The van der Waals surface area contributed by atoms with E-state index in [1.807, 2.05) is 0 Å². The van der Waals surface area contributed by atoms with Gasteiger partial charge >= 0.3 is 0 Å². The molecule has 2 rings (SSSR count). The highest BCUT2D eigenvalue weighted by atomic mass is 32.1. The van der Waals surface area contributed by atoms with Gasteiger partial charge < -0.3 is 19.8 Å². The van der Waals surface area contributed by atoms with E-state index < -0.39 is 11.9 Å². The lowest BCUT2D eigenvalue weighted by Gasteiger charge is -2.06. The zero-order valence-corrected chi connectivity index (χ0v) is 10.2. The van der Waals surface area contributed by atoms with E-state index >= 15 is 0 Å². The van der Waals surface area contributed by atoms with Gasteiger partial charge in [0.15, 0.2) is 0 Å². The minimum Gasteiger partial charge on any atom is -0.545 e. The molecule has 0 aliphatic carbocycles. The molecule has 0 atom stereocenters. The molecule has 0 radical (unpaired) electrons. The monoisotopic (exact) mass is 260 g/mol. The number of carboxylic acids is 2. The van der Waals surface area contributed by atoms with Crippen LogP contribution in [0.4, 0.5) is 0 Å². The third-order valence-electron chi connectivity index (χ3n) is 2.57. The Morgan fingerprint density at radius 2 is 1.67 bits per heavy atom. The normalized spacial score (nSPS) is 10.3. The fourth-order valence-corrected chi connectivity index (χ4v) is 2.88. The van der Waals surface area contributed by atoms with Crippen molar-refractivity contribution in [1.29, 1.82) is 0 Å². The molecular weight excluding hydrogens is 252 g/mol. The summed E-state index contributed by atoms with van der Waals surface area (Å²) in [4.78, 5) is 22.4. The highest BCUT2D eigenvalue weighted by molar-refractivity contribution is 7.18. The van der Waals surface area contributed by atoms with Crippen molar-refractivity contribution in [1.82, 2.24) is 0 Å². The Labute approximate surface area is 107 Å². The molecule has 4 nitrogen and oxygen atoms in total. The average Bonchev–Trinajstić information content (AvgIpc) is 2.68. The van der Waals surface area contributed by atoms with Crippen LogP contribution in [0.15, 0.2) is 30.3 Å². The molecule has 0 saturated carbocycles. The molecule has 0 N–H and O–H groups in total. The third-order valence-corrected chi connectivity index (χ3v) is 3.89. The summed E-state index contributed by atoms with van der Waals surface area (Å²) in [5, 5.41) is 22.1. The Balaban J connectivity index is 2.71. The number of carbonyl (C=O) groups is 2. The molecule has 1 aromatic heterocycles. The lowest BCUT2D eigenvalue weighted by Crippen LogP contribution is -2.25. The van der Waals surface area contributed by atoms with Gasteiger partial charge in [-0.1, -0.05) is 30.3 Å². The molecule has 0 spiro atoms. The predicted molar refractivity (Wildman–Crippen MR) is 63.2 cm³/mol. The SMILES string of the molecule is Cc1c(C(=O)[O-])sc(-c2ccccc2)c1C(=O)[O-]. The number of hydrogen-bond donors (Lipinski definition) is 0. The van der Waals surface area contributed by atoms with E-state index in [9.17, 15) is 19.8 Å². The fraction of sp³-hybridized carbons (Fsp3) is 0.0769. The van der Waals surface area contributed by atoms with Gasteiger partial charge in [0.05, 0.1) is 16.8 Å². The Kier molecular flexibility index (Phi) is 3.16. The largest absolute Gasteiger partial charge is 0.545 e. The molecular formula is C13H8O4S-2. The van der Waals surface area contributed by atoms with Crippen molar-refractivity contribution in [2.45, 2.75) is 6.92 Å². The smallest absolute Gasteiger partial charge is 0.0818 e. The first-order valence-corrected chi connectivity index (χ1v) is 5.95. The lowest BCUT2D eigenvalue weighted by molar-refractivity contribution is -0.255. The van der Waals surface area contributed by atoms with Gasteiger partial charge in [-0.25, -0.2) is 0 Å². The van der Waals surface area contributed by atoms with Crippen LogP contribution in [0.5, 0.6) is 0 Å². The van der Waals surface area contributed by atoms with E-state index in [1.165, 1.54) is 6.92 Å². The minimum absolute atomic E-state index is 0.0759. The van der Waals surface area contributed by atoms with Crippen LogP contribution >= 0.6 is 11.3 Å². The van der Waals surface area contributed by atoms with Crippen LogP contribution in [0.25, 0.3) is 10.4 Å². The zero-order valence-electron chi connectivity index (χ0n) is 9.43. The van der Waals surface area contributed by atoms with Crippen molar-refractivity contribution in [3.05, 3.63) is 46.3 Å². The second-order valence-electron chi connectivity index (χ2n) is 3.70. The summed E-state index contributed by atoms with van der Waals surface area (Å²) in [5.74, 6) is -2.75. The van der Waals surface area contributed by atoms with E-state index in [0.717, 1.165) is 11.3 Å². The Hall–Kier alpha value is -2.14. The highest BCUT2D eigenvalue weighted by Gasteiger charge is 2.17. The summed E-state index contributed by atoms with van der Waals surface area (Å²) in [6.07, 6.45) is 0. The predicted octanol–water partition coefficient (Wildman–Crippen LogP) is 0.451. The van der Waals surface area contributed by atoms with Crippen LogP contribution in [-0.4, -0.2) is 11.9 Å². The molecule has 0 aliphatic heterocycles. The number of carbonyl (C=O) groups excluding carboxylic acids is 2. The average molecular weight is 260 g/mol. The van der Waals surface area contributed by atoms with Crippen LogP contribution < -0.4 is 10.2 Å². The van der Waals surface area contributed by atoms with Gasteiger partial charge in [0, 0.05) is 10.4 Å². The van der Waals surface area contributed by atoms with Gasteiger partial charge in [-0.15, -0.1) is 11.3 Å². The van der Waals surface area contributed by atoms with Crippen molar-refractivity contribution >= 4 is 23.3 Å². The minimum atomic E-state index is -1.38. The second-order valence-corrected chi connectivity index (χ2v) is 4.72. The van der Waals surface area contributed by atoms with Crippen molar-refractivity contribution in [3.8, 4) is 10.4 Å². The number of aromatic carboxylic acids is 2. The lowest BCUT2D eigenvalue weighted by atomic mass is 10.1. The van der Waals surface area contributed by atoms with Crippen LogP contribution in [0.2, 0.25) is 0 Å². The topological polar surface area (TPSA) is 80.3 Å². The fourth-order valence-electron chi connectivity index (χ4n) is 1.75. The summed E-state index contributed by atoms with van der Waals surface area (Å²) in [5.41, 5.74) is 0.751. The van der Waals surface area contributed by atoms with Crippen LogP contribution in [0.1, 0.15) is 25.6 Å². The van der Waals surface area contributed by atoms with E-state index in [1.54, 1.807) is 30.3 Å². The maximum Gasteiger partial charge on any atom is 0.0818 e. The summed E-state index contributed by atoms with van der Waals surface area (Å²) in [6.45, 7) is 1.44. The molecule has 0 fully saturated rings. The second kappa shape index (κ2) is 4.62. The molecule has 0 aliphatic rings.